The Balaban J connectivity index is 2.10. The van der Waals surface area contributed by atoms with Crippen LogP contribution < -0.4 is 0 Å². The van der Waals surface area contributed by atoms with Gasteiger partial charge in [0.15, 0.2) is 5.78 Å². The van der Waals surface area contributed by atoms with Gasteiger partial charge in [-0.25, -0.2) is 0 Å². The minimum absolute atomic E-state index is 0.0726. The van der Waals surface area contributed by atoms with Crippen LogP contribution in [0.1, 0.15) is 55.8 Å². The first-order valence-electron chi connectivity index (χ1n) is 7.72. The maximum atomic E-state index is 12.7. The lowest BCUT2D eigenvalue weighted by Gasteiger charge is -2.32. The average Bonchev–Trinajstić information content (AvgIpc) is 2.74. The average molecular weight is 328 g/mol. The van der Waals surface area contributed by atoms with Crippen LogP contribution in [0.2, 0.25) is 10.0 Å². The van der Waals surface area contributed by atoms with Crippen LogP contribution in [0.4, 0.5) is 0 Å². The molecule has 0 heterocycles. The molecule has 1 atom stereocenters. The Morgan fingerprint density at radius 3 is 2.38 bits per heavy atom. The van der Waals surface area contributed by atoms with Gasteiger partial charge in [0.05, 0.1) is 11.1 Å². The minimum atomic E-state index is -0.160. The lowest BCUT2D eigenvalue weighted by molar-refractivity contribution is 0.0802. The molecule has 4 heteroatoms. The molecule has 21 heavy (non-hydrogen) atoms. The van der Waals surface area contributed by atoms with Gasteiger partial charge in [-0.15, -0.1) is 0 Å². The van der Waals surface area contributed by atoms with Gasteiger partial charge in [0.2, 0.25) is 0 Å². The van der Waals surface area contributed by atoms with E-state index in [0.717, 1.165) is 0 Å². The van der Waals surface area contributed by atoms with E-state index < -0.39 is 0 Å². The molecule has 1 aromatic carbocycles. The molecule has 1 aromatic rings. The van der Waals surface area contributed by atoms with Gasteiger partial charge in [-0.1, -0.05) is 48.9 Å². The highest BCUT2D eigenvalue weighted by molar-refractivity contribution is 6.37. The standard InChI is InChI=1S/C17H23Cl2NO/c1-12(20(2)14-7-5-3-4-6-8-14)17(21)15-10-9-13(18)11-16(15)19/h9-12,14H,3-8H2,1-2H3. The summed E-state index contributed by atoms with van der Waals surface area (Å²) in [6, 6.07) is 5.42. The number of benzene rings is 1. The molecule has 0 bridgehead atoms. The van der Waals surface area contributed by atoms with Crippen molar-refractivity contribution in [2.75, 3.05) is 7.05 Å². The highest BCUT2D eigenvalue weighted by atomic mass is 35.5. The Kier molecular flexibility index (Phi) is 6.09. The van der Waals surface area contributed by atoms with Gasteiger partial charge in [0.25, 0.3) is 0 Å². The first-order valence-corrected chi connectivity index (χ1v) is 8.47. The molecule has 2 rings (SSSR count). The molecule has 0 saturated heterocycles. The van der Waals surface area contributed by atoms with E-state index in [2.05, 4.69) is 11.9 Å². The predicted molar refractivity (Wildman–Crippen MR) is 89.5 cm³/mol. The number of hydrogen-bond donors (Lipinski definition) is 0. The van der Waals surface area contributed by atoms with Crippen LogP contribution in [0.25, 0.3) is 0 Å². The summed E-state index contributed by atoms with van der Waals surface area (Å²) in [6.45, 7) is 1.97. The second-order valence-electron chi connectivity index (χ2n) is 5.98. The predicted octanol–water partition coefficient (Wildman–Crippen LogP) is 5.22. The molecule has 2 nitrogen and oxygen atoms in total. The zero-order chi connectivity index (χ0) is 15.4. The van der Waals surface area contributed by atoms with Crippen LogP contribution in [0, 0.1) is 0 Å². The number of nitrogens with zero attached hydrogens (tertiary/aromatic N) is 1. The lowest BCUT2D eigenvalue weighted by atomic mass is 10.0. The van der Waals surface area contributed by atoms with Gasteiger partial charge in [-0.2, -0.15) is 0 Å². The normalized spacial score (nSPS) is 18.5. The van der Waals surface area contributed by atoms with Crippen LogP contribution in [-0.2, 0) is 0 Å². The molecule has 0 radical (unpaired) electrons. The molecule has 116 valence electrons. The molecular formula is C17H23Cl2NO. The summed E-state index contributed by atoms with van der Waals surface area (Å²) in [6.07, 6.45) is 7.52. The van der Waals surface area contributed by atoms with Crippen molar-refractivity contribution in [3.63, 3.8) is 0 Å². The number of halogens is 2. The van der Waals surface area contributed by atoms with Crippen molar-refractivity contribution in [3.8, 4) is 0 Å². The lowest BCUT2D eigenvalue weighted by Crippen LogP contribution is -2.43. The van der Waals surface area contributed by atoms with Crippen molar-refractivity contribution in [1.29, 1.82) is 0 Å². The van der Waals surface area contributed by atoms with E-state index in [1.807, 2.05) is 6.92 Å². The molecule has 0 spiro atoms. The summed E-state index contributed by atoms with van der Waals surface area (Å²) in [5, 5.41) is 0.995. The summed E-state index contributed by atoms with van der Waals surface area (Å²) in [5.74, 6) is 0.0726. The van der Waals surface area contributed by atoms with Crippen LogP contribution in [0.5, 0.6) is 0 Å². The third kappa shape index (κ3) is 4.21. The van der Waals surface area contributed by atoms with E-state index >= 15 is 0 Å². The van der Waals surface area contributed by atoms with Crippen LogP contribution in [0.3, 0.4) is 0 Å². The maximum absolute atomic E-state index is 12.7. The molecule has 1 aliphatic rings. The van der Waals surface area contributed by atoms with Crippen LogP contribution in [0.15, 0.2) is 18.2 Å². The number of hydrogen-bond acceptors (Lipinski definition) is 2. The summed E-state index contributed by atoms with van der Waals surface area (Å²) in [7, 11) is 2.06. The largest absolute Gasteiger partial charge is 0.294 e. The molecule has 0 N–H and O–H groups in total. The number of carbonyl (C=O) groups excluding carboxylic acids is 1. The number of carbonyl (C=O) groups is 1. The van der Waals surface area contributed by atoms with Gasteiger partial charge in [-0.05, 0) is 45.0 Å². The van der Waals surface area contributed by atoms with Gasteiger partial charge in [0.1, 0.15) is 0 Å². The van der Waals surface area contributed by atoms with E-state index in [4.69, 9.17) is 23.2 Å². The Labute approximate surface area is 137 Å². The van der Waals surface area contributed by atoms with Gasteiger partial charge in [0, 0.05) is 16.6 Å². The number of ketones is 1. The van der Waals surface area contributed by atoms with E-state index in [1.54, 1.807) is 18.2 Å². The molecule has 1 unspecified atom stereocenters. The van der Waals surface area contributed by atoms with E-state index in [1.165, 1.54) is 38.5 Å². The summed E-state index contributed by atoms with van der Waals surface area (Å²) >= 11 is 12.1. The van der Waals surface area contributed by atoms with Crippen molar-refractivity contribution in [2.24, 2.45) is 0 Å². The van der Waals surface area contributed by atoms with Crippen molar-refractivity contribution in [3.05, 3.63) is 33.8 Å². The van der Waals surface area contributed by atoms with Crippen molar-refractivity contribution >= 4 is 29.0 Å². The number of Topliss-reactive ketones (excluding diaryl/α,β-unsaturated/α-hetero) is 1. The molecule has 1 fully saturated rings. The Morgan fingerprint density at radius 2 is 1.81 bits per heavy atom. The first-order chi connectivity index (χ1) is 10.0. The fourth-order valence-corrected chi connectivity index (χ4v) is 3.58. The van der Waals surface area contributed by atoms with Crippen LogP contribution >= 0.6 is 23.2 Å². The van der Waals surface area contributed by atoms with Gasteiger partial charge in [-0.3, -0.25) is 9.69 Å². The third-order valence-corrected chi connectivity index (χ3v) is 5.14. The van der Waals surface area contributed by atoms with Crippen molar-refractivity contribution < 1.29 is 4.79 Å². The Bertz CT molecular complexity index is 496. The Hall–Kier alpha value is -0.570. The summed E-state index contributed by atoms with van der Waals surface area (Å²) < 4.78 is 0. The molecule has 0 aliphatic heterocycles. The van der Waals surface area contributed by atoms with Gasteiger partial charge >= 0.3 is 0 Å². The quantitative estimate of drug-likeness (QED) is 0.558. The Morgan fingerprint density at radius 1 is 1.19 bits per heavy atom. The van der Waals surface area contributed by atoms with E-state index in [-0.39, 0.29) is 11.8 Å². The summed E-state index contributed by atoms with van der Waals surface area (Å²) in [4.78, 5) is 14.9. The maximum Gasteiger partial charge on any atom is 0.181 e. The SMILES string of the molecule is CC(C(=O)c1ccc(Cl)cc1Cl)N(C)C1CCCCCC1. The monoisotopic (exact) mass is 327 g/mol. The molecular weight excluding hydrogens is 305 g/mol. The highest BCUT2D eigenvalue weighted by Crippen LogP contribution is 2.26. The molecule has 0 aromatic heterocycles. The van der Waals surface area contributed by atoms with E-state index in [0.29, 0.717) is 21.7 Å². The fourth-order valence-electron chi connectivity index (χ4n) is 3.08. The third-order valence-electron chi connectivity index (χ3n) is 4.59. The zero-order valence-corrected chi connectivity index (χ0v) is 14.3. The number of rotatable bonds is 4. The van der Waals surface area contributed by atoms with Gasteiger partial charge < -0.3 is 0 Å². The molecule has 1 saturated carbocycles. The zero-order valence-electron chi connectivity index (χ0n) is 12.7. The van der Waals surface area contributed by atoms with Crippen LogP contribution in [-0.4, -0.2) is 29.8 Å². The second-order valence-corrected chi connectivity index (χ2v) is 6.82. The smallest absolute Gasteiger partial charge is 0.181 e. The van der Waals surface area contributed by atoms with Crippen molar-refractivity contribution in [2.45, 2.75) is 57.5 Å². The minimum Gasteiger partial charge on any atom is -0.294 e. The van der Waals surface area contributed by atoms with Crippen molar-refractivity contribution in [1.82, 2.24) is 4.90 Å². The van der Waals surface area contributed by atoms with E-state index in [9.17, 15) is 4.79 Å². The molecule has 1 aliphatic carbocycles. The summed E-state index contributed by atoms with van der Waals surface area (Å²) in [5.41, 5.74) is 0.564. The number of likely N-dealkylation sites (N-methyl/N-ethyl adjacent to an activating group) is 1. The second kappa shape index (κ2) is 7.62. The topological polar surface area (TPSA) is 20.3 Å². The first kappa shape index (κ1) is 16.8. The molecule has 0 amide bonds. The highest BCUT2D eigenvalue weighted by Gasteiger charge is 2.27. The fraction of sp³-hybridized carbons (Fsp3) is 0.588.